The molecule has 0 atom stereocenters. The van der Waals surface area contributed by atoms with Crippen molar-refractivity contribution in [2.24, 2.45) is 0 Å². The fraction of sp³-hybridized carbons (Fsp3) is 0.600. The zero-order chi connectivity index (χ0) is 12.4. The van der Waals surface area contributed by atoms with E-state index < -0.39 is 0 Å². The van der Waals surface area contributed by atoms with Gasteiger partial charge in [-0.25, -0.2) is 0 Å². The van der Waals surface area contributed by atoms with Crippen molar-refractivity contribution >= 4 is 27.7 Å². The van der Waals surface area contributed by atoms with Gasteiger partial charge in [-0.2, -0.15) is 11.8 Å². The minimum absolute atomic E-state index is 0.766. The van der Waals surface area contributed by atoms with Crippen molar-refractivity contribution < 1.29 is 0 Å². The Morgan fingerprint density at radius 2 is 1.89 bits per heavy atom. The van der Waals surface area contributed by atoms with Gasteiger partial charge in [-0.05, 0) is 60.8 Å². The molecule has 1 heterocycles. The number of hydrogen-bond acceptors (Lipinski definition) is 2. The number of rotatable bonds is 3. The quantitative estimate of drug-likeness (QED) is 0.894. The van der Waals surface area contributed by atoms with Crippen LogP contribution < -0.4 is 5.32 Å². The molecule has 0 aromatic heterocycles. The molecule has 3 heteroatoms. The van der Waals surface area contributed by atoms with Gasteiger partial charge in [-0.15, -0.1) is 0 Å². The van der Waals surface area contributed by atoms with Crippen LogP contribution in [0.15, 0.2) is 28.7 Å². The van der Waals surface area contributed by atoms with Crippen LogP contribution >= 0.6 is 27.7 Å². The number of nitrogens with one attached hydrogen (secondary N) is 1. The highest BCUT2D eigenvalue weighted by Crippen LogP contribution is 2.38. The predicted molar refractivity (Wildman–Crippen MR) is 83.4 cm³/mol. The predicted octanol–water partition coefficient (Wildman–Crippen LogP) is 4.18. The van der Waals surface area contributed by atoms with E-state index in [2.05, 4.69) is 57.3 Å². The van der Waals surface area contributed by atoms with Crippen molar-refractivity contribution in [3.63, 3.8) is 0 Å². The topological polar surface area (TPSA) is 12.0 Å². The number of halogens is 1. The van der Waals surface area contributed by atoms with E-state index in [-0.39, 0.29) is 0 Å². The molecule has 1 aliphatic heterocycles. The Labute approximate surface area is 122 Å². The molecule has 0 spiro atoms. The van der Waals surface area contributed by atoms with Gasteiger partial charge in [0.15, 0.2) is 0 Å². The number of thioether (sulfide) groups is 1. The molecule has 1 saturated heterocycles. The molecule has 98 valence electrons. The van der Waals surface area contributed by atoms with Crippen LogP contribution in [0.2, 0.25) is 0 Å². The normalized spacial score (nSPS) is 28.9. The lowest BCUT2D eigenvalue weighted by Crippen LogP contribution is -2.46. The fourth-order valence-electron chi connectivity index (χ4n) is 2.98. The molecule has 1 aliphatic carbocycles. The fourth-order valence-corrected chi connectivity index (χ4v) is 4.51. The van der Waals surface area contributed by atoms with Crippen LogP contribution in [0, 0.1) is 0 Å². The molecule has 3 rings (SSSR count). The van der Waals surface area contributed by atoms with Crippen molar-refractivity contribution in [2.75, 3.05) is 11.5 Å². The molecule has 18 heavy (non-hydrogen) atoms. The lowest BCUT2D eigenvalue weighted by atomic mass is 9.75. The second kappa shape index (κ2) is 5.98. The standard InChI is InChI=1S/C15H20BrNS/c16-13-3-1-2-11(8-13)12-9-15(10-12)17-14-4-6-18-7-5-14/h1-3,8,12,14-15,17H,4-7,9-10H2. The average Bonchev–Trinajstić information content (AvgIpc) is 2.34. The van der Waals surface area contributed by atoms with Crippen LogP contribution in [0.4, 0.5) is 0 Å². The van der Waals surface area contributed by atoms with E-state index in [4.69, 9.17) is 0 Å². The van der Waals surface area contributed by atoms with Crippen LogP contribution in [0.1, 0.15) is 37.2 Å². The molecule has 1 aromatic carbocycles. The van der Waals surface area contributed by atoms with E-state index in [9.17, 15) is 0 Å². The molecule has 1 N–H and O–H groups in total. The number of benzene rings is 1. The van der Waals surface area contributed by atoms with Gasteiger partial charge in [0.25, 0.3) is 0 Å². The molecule has 0 amide bonds. The zero-order valence-corrected chi connectivity index (χ0v) is 13.0. The second-order valence-corrected chi connectivity index (χ2v) is 7.61. The van der Waals surface area contributed by atoms with E-state index in [1.54, 1.807) is 0 Å². The Kier molecular flexibility index (Phi) is 4.32. The van der Waals surface area contributed by atoms with Crippen molar-refractivity contribution in [3.05, 3.63) is 34.3 Å². The first kappa shape index (κ1) is 13.0. The van der Waals surface area contributed by atoms with E-state index in [1.807, 2.05) is 0 Å². The SMILES string of the molecule is Brc1cccc(C2CC(NC3CCSCC3)C2)c1. The van der Waals surface area contributed by atoms with Gasteiger partial charge >= 0.3 is 0 Å². The first-order chi connectivity index (χ1) is 8.81. The van der Waals surface area contributed by atoms with Crippen molar-refractivity contribution in [3.8, 4) is 0 Å². The van der Waals surface area contributed by atoms with E-state index >= 15 is 0 Å². The van der Waals surface area contributed by atoms with Crippen molar-refractivity contribution in [1.82, 2.24) is 5.32 Å². The highest BCUT2D eigenvalue weighted by Gasteiger charge is 2.31. The van der Waals surface area contributed by atoms with Crippen molar-refractivity contribution in [2.45, 2.75) is 43.7 Å². The summed E-state index contributed by atoms with van der Waals surface area (Å²) in [7, 11) is 0. The lowest BCUT2D eigenvalue weighted by Gasteiger charge is -2.39. The molecular weight excluding hydrogens is 306 g/mol. The Balaban J connectivity index is 1.48. The molecule has 2 fully saturated rings. The van der Waals surface area contributed by atoms with Crippen LogP contribution in [-0.4, -0.2) is 23.6 Å². The summed E-state index contributed by atoms with van der Waals surface area (Å²) in [5, 5.41) is 3.84. The van der Waals surface area contributed by atoms with Gasteiger partial charge in [-0.3, -0.25) is 0 Å². The summed E-state index contributed by atoms with van der Waals surface area (Å²) >= 11 is 5.67. The van der Waals surface area contributed by atoms with Gasteiger partial charge in [0.05, 0.1) is 0 Å². The van der Waals surface area contributed by atoms with Crippen LogP contribution in [0.25, 0.3) is 0 Å². The number of hydrogen-bond donors (Lipinski definition) is 1. The maximum Gasteiger partial charge on any atom is 0.0178 e. The Morgan fingerprint density at radius 1 is 1.11 bits per heavy atom. The monoisotopic (exact) mass is 325 g/mol. The first-order valence-corrected chi connectivity index (χ1v) is 8.85. The first-order valence-electron chi connectivity index (χ1n) is 6.90. The summed E-state index contributed by atoms with van der Waals surface area (Å²) in [5.41, 5.74) is 1.50. The van der Waals surface area contributed by atoms with Crippen LogP contribution in [0.5, 0.6) is 0 Å². The third-order valence-corrected chi connectivity index (χ3v) is 5.69. The second-order valence-electron chi connectivity index (χ2n) is 5.47. The van der Waals surface area contributed by atoms with E-state index in [0.29, 0.717) is 0 Å². The Bertz CT molecular complexity index is 397. The van der Waals surface area contributed by atoms with Crippen LogP contribution in [-0.2, 0) is 0 Å². The summed E-state index contributed by atoms with van der Waals surface area (Å²) in [4.78, 5) is 0. The molecular formula is C15H20BrNS. The molecule has 2 aliphatic rings. The van der Waals surface area contributed by atoms with Gasteiger partial charge in [-0.1, -0.05) is 28.1 Å². The minimum atomic E-state index is 0.766. The summed E-state index contributed by atoms with van der Waals surface area (Å²) in [6.07, 6.45) is 5.37. The maximum atomic E-state index is 3.84. The molecule has 0 bridgehead atoms. The van der Waals surface area contributed by atoms with Crippen molar-refractivity contribution in [1.29, 1.82) is 0 Å². The molecule has 0 unspecified atom stereocenters. The summed E-state index contributed by atoms with van der Waals surface area (Å²) in [6.45, 7) is 0. The van der Waals surface area contributed by atoms with E-state index in [0.717, 1.165) is 18.0 Å². The Morgan fingerprint density at radius 3 is 2.61 bits per heavy atom. The molecule has 1 aromatic rings. The van der Waals surface area contributed by atoms with Gasteiger partial charge in [0, 0.05) is 16.6 Å². The summed E-state index contributed by atoms with van der Waals surface area (Å²) < 4.78 is 1.21. The Hall–Kier alpha value is 0.01000. The highest BCUT2D eigenvalue weighted by atomic mass is 79.9. The lowest BCUT2D eigenvalue weighted by molar-refractivity contribution is 0.258. The van der Waals surface area contributed by atoms with E-state index in [1.165, 1.54) is 47.2 Å². The molecule has 0 radical (unpaired) electrons. The van der Waals surface area contributed by atoms with Gasteiger partial charge in [0.2, 0.25) is 0 Å². The third-order valence-electron chi connectivity index (χ3n) is 4.15. The van der Waals surface area contributed by atoms with Gasteiger partial charge in [0.1, 0.15) is 0 Å². The maximum absolute atomic E-state index is 3.84. The molecule has 1 saturated carbocycles. The van der Waals surface area contributed by atoms with Crippen LogP contribution in [0.3, 0.4) is 0 Å². The molecule has 1 nitrogen and oxygen atoms in total. The third kappa shape index (κ3) is 3.12. The largest absolute Gasteiger partial charge is 0.311 e. The minimum Gasteiger partial charge on any atom is -0.311 e. The summed E-state index contributed by atoms with van der Waals surface area (Å²) in [6, 6.07) is 10.4. The highest BCUT2D eigenvalue weighted by molar-refractivity contribution is 9.10. The summed E-state index contributed by atoms with van der Waals surface area (Å²) in [5.74, 6) is 3.47. The zero-order valence-electron chi connectivity index (χ0n) is 10.6. The van der Waals surface area contributed by atoms with Gasteiger partial charge < -0.3 is 5.32 Å². The average molecular weight is 326 g/mol. The smallest absolute Gasteiger partial charge is 0.0178 e.